The van der Waals surface area contributed by atoms with Crippen LogP contribution in [-0.4, -0.2) is 33.5 Å². The molecule has 0 heterocycles. The first kappa shape index (κ1) is 16.2. The van der Waals surface area contributed by atoms with Crippen molar-refractivity contribution in [3.8, 4) is 0 Å². The van der Waals surface area contributed by atoms with E-state index in [0.29, 0.717) is 12.1 Å². The predicted molar refractivity (Wildman–Crippen MR) is 83.0 cm³/mol. The number of nitrogen functional groups attached to an aromatic ring is 1. The van der Waals surface area contributed by atoms with Crippen LogP contribution >= 0.6 is 11.8 Å². The summed E-state index contributed by atoms with van der Waals surface area (Å²) in [4.78, 5) is 12.4. The molecule has 0 saturated heterocycles. The molecule has 0 amide bonds. The van der Waals surface area contributed by atoms with Crippen LogP contribution in [0.25, 0.3) is 0 Å². The van der Waals surface area contributed by atoms with Gasteiger partial charge >= 0.3 is 5.97 Å². The fourth-order valence-corrected chi connectivity index (χ4v) is 3.95. The van der Waals surface area contributed by atoms with Gasteiger partial charge in [0.05, 0.1) is 18.4 Å². The summed E-state index contributed by atoms with van der Waals surface area (Å²) in [6, 6.07) is 4.77. The second kappa shape index (κ2) is 5.88. The Morgan fingerprint density at radius 1 is 1.43 bits per heavy atom. The van der Waals surface area contributed by atoms with Crippen molar-refractivity contribution in [1.82, 2.24) is 0 Å². The molecule has 116 valence electrons. The lowest BCUT2D eigenvalue weighted by atomic mass is 10.1. The highest BCUT2D eigenvalue weighted by atomic mass is 32.2. The minimum absolute atomic E-state index is 0.0136. The number of sulfone groups is 1. The first-order valence-corrected chi connectivity index (χ1v) is 9.43. The summed E-state index contributed by atoms with van der Waals surface area (Å²) in [6.07, 6.45) is 3.61. The normalized spacial score (nSPS) is 16.5. The van der Waals surface area contributed by atoms with Gasteiger partial charge < -0.3 is 10.5 Å². The van der Waals surface area contributed by atoms with Gasteiger partial charge in [0.15, 0.2) is 9.84 Å². The Bertz CT molecular complexity index is 651. The van der Waals surface area contributed by atoms with Crippen LogP contribution in [0.5, 0.6) is 0 Å². The molecule has 1 aliphatic rings. The van der Waals surface area contributed by atoms with Gasteiger partial charge in [0.2, 0.25) is 0 Å². The Kier molecular flexibility index (Phi) is 4.53. The summed E-state index contributed by atoms with van der Waals surface area (Å²) in [7, 11) is -1.85. The molecule has 0 aromatic heterocycles. The van der Waals surface area contributed by atoms with Gasteiger partial charge in [-0.15, -0.1) is 11.8 Å². The fraction of sp³-hybridized carbons (Fsp3) is 0.500. The number of thioether (sulfide) groups is 1. The molecule has 1 aliphatic carbocycles. The lowest BCUT2D eigenvalue weighted by Gasteiger charge is -2.14. The van der Waals surface area contributed by atoms with Crippen LogP contribution in [0.1, 0.15) is 19.3 Å². The number of hydrogen-bond acceptors (Lipinski definition) is 6. The van der Waals surface area contributed by atoms with Gasteiger partial charge in [-0.1, -0.05) is 0 Å². The number of rotatable bonds is 6. The summed E-state index contributed by atoms with van der Waals surface area (Å²) in [6.45, 7) is 0. The first-order valence-electron chi connectivity index (χ1n) is 6.55. The molecule has 0 spiro atoms. The molecule has 5 nitrogen and oxygen atoms in total. The molecule has 0 radical (unpaired) electrons. The fourth-order valence-electron chi connectivity index (χ4n) is 2.05. The summed E-state index contributed by atoms with van der Waals surface area (Å²) in [5.74, 6) is 0.596. The topological polar surface area (TPSA) is 86.5 Å². The molecule has 21 heavy (non-hydrogen) atoms. The van der Waals surface area contributed by atoms with E-state index in [9.17, 15) is 13.2 Å². The highest BCUT2D eigenvalue weighted by molar-refractivity contribution is 7.99. The number of carbonyl (C=O) groups is 1. The number of nitrogens with two attached hydrogens (primary N) is 1. The van der Waals surface area contributed by atoms with E-state index in [4.69, 9.17) is 10.5 Å². The van der Waals surface area contributed by atoms with E-state index in [0.717, 1.165) is 29.7 Å². The maximum absolute atomic E-state index is 11.5. The van der Waals surface area contributed by atoms with Crippen molar-refractivity contribution < 1.29 is 17.9 Å². The minimum Gasteiger partial charge on any atom is -0.469 e. The quantitative estimate of drug-likeness (QED) is 0.489. The number of hydrogen-bond donors (Lipinski definition) is 1. The van der Waals surface area contributed by atoms with Crippen LogP contribution in [0.4, 0.5) is 5.69 Å². The van der Waals surface area contributed by atoms with Crippen LogP contribution in [0.2, 0.25) is 0 Å². The Morgan fingerprint density at radius 2 is 2.10 bits per heavy atom. The molecule has 1 aromatic rings. The van der Waals surface area contributed by atoms with E-state index in [-0.39, 0.29) is 16.3 Å². The zero-order valence-corrected chi connectivity index (χ0v) is 13.7. The van der Waals surface area contributed by atoms with Crippen LogP contribution < -0.4 is 5.73 Å². The maximum Gasteiger partial charge on any atom is 0.306 e. The Balaban J connectivity index is 2.03. The van der Waals surface area contributed by atoms with E-state index in [1.165, 1.54) is 13.2 Å². The molecule has 2 N–H and O–H groups in total. The van der Waals surface area contributed by atoms with Crippen molar-refractivity contribution in [3.05, 3.63) is 18.2 Å². The van der Waals surface area contributed by atoms with Gasteiger partial charge in [-0.05, 0) is 36.5 Å². The third-order valence-corrected chi connectivity index (χ3v) is 6.20. The molecule has 0 unspecified atom stereocenters. The van der Waals surface area contributed by atoms with E-state index in [1.807, 2.05) is 0 Å². The standard InChI is InChI=1S/C14H19NO4S2/c1-19-13(16)8-14(5-6-14)9-20-12-4-3-10(7-11(12)15)21(2,17)18/h3-4,7H,5-6,8-9,15H2,1-2H3. The van der Waals surface area contributed by atoms with E-state index >= 15 is 0 Å². The van der Waals surface area contributed by atoms with Crippen LogP contribution in [0, 0.1) is 5.41 Å². The number of ether oxygens (including phenoxy) is 1. The third-order valence-electron chi connectivity index (χ3n) is 3.65. The number of carbonyl (C=O) groups excluding carboxylic acids is 1. The highest BCUT2D eigenvalue weighted by Crippen LogP contribution is 2.52. The molecule has 1 saturated carbocycles. The SMILES string of the molecule is COC(=O)CC1(CSc2ccc(S(C)(=O)=O)cc2N)CC1. The zero-order valence-electron chi connectivity index (χ0n) is 12.1. The van der Waals surface area contributed by atoms with Crippen LogP contribution in [0.15, 0.2) is 28.0 Å². The summed E-state index contributed by atoms with van der Waals surface area (Å²) < 4.78 is 27.6. The summed E-state index contributed by atoms with van der Waals surface area (Å²) in [5.41, 5.74) is 6.39. The number of benzene rings is 1. The van der Waals surface area contributed by atoms with Crippen molar-refractivity contribution in [2.45, 2.75) is 29.1 Å². The van der Waals surface area contributed by atoms with Gasteiger partial charge in [-0.25, -0.2) is 8.42 Å². The van der Waals surface area contributed by atoms with Crippen molar-refractivity contribution in [2.24, 2.45) is 5.41 Å². The van der Waals surface area contributed by atoms with Crippen LogP contribution in [0.3, 0.4) is 0 Å². The van der Waals surface area contributed by atoms with Gasteiger partial charge in [0.25, 0.3) is 0 Å². The van der Waals surface area contributed by atoms with Crippen molar-refractivity contribution in [3.63, 3.8) is 0 Å². The van der Waals surface area contributed by atoms with Gasteiger partial charge in [0, 0.05) is 22.6 Å². The zero-order chi connectivity index (χ0) is 15.7. The monoisotopic (exact) mass is 329 g/mol. The number of anilines is 1. The number of esters is 1. The minimum atomic E-state index is -3.24. The number of methoxy groups -OCH3 is 1. The average Bonchev–Trinajstić information content (AvgIpc) is 3.16. The second-order valence-corrected chi connectivity index (χ2v) is 8.55. The lowest BCUT2D eigenvalue weighted by Crippen LogP contribution is -2.13. The Labute approximate surface area is 129 Å². The molecular formula is C14H19NO4S2. The Hall–Kier alpha value is -1.21. The first-order chi connectivity index (χ1) is 9.76. The summed E-state index contributed by atoms with van der Waals surface area (Å²) in [5, 5.41) is 0. The molecule has 0 aliphatic heterocycles. The molecule has 7 heteroatoms. The van der Waals surface area contributed by atoms with E-state index in [2.05, 4.69) is 0 Å². The van der Waals surface area contributed by atoms with Crippen molar-refractivity contribution >= 4 is 33.3 Å². The van der Waals surface area contributed by atoms with Gasteiger partial charge in [0.1, 0.15) is 0 Å². The molecule has 1 fully saturated rings. The Morgan fingerprint density at radius 3 is 2.57 bits per heavy atom. The molecule has 0 bridgehead atoms. The average molecular weight is 329 g/mol. The molecule has 1 aromatic carbocycles. The molecular weight excluding hydrogens is 310 g/mol. The van der Waals surface area contributed by atoms with E-state index < -0.39 is 9.84 Å². The van der Waals surface area contributed by atoms with Crippen LogP contribution in [-0.2, 0) is 19.4 Å². The van der Waals surface area contributed by atoms with Gasteiger partial charge in [-0.3, -0.25) is 4.79 Å². The van der Waals surface area contributed by atoms with Crippen molar-refractivity contribution in [2.75, 3.05) is 24.9 Å². The van der Waals surface area contributed by atoms with E-state index in [1.54, 1.807) is 23.9 Å². The molecule has 2 rings (SSSR count). The summed E-state index contributed by atoms with van der Waals surface area (Å²) >= 11 is 1.56. The maximum atomic E-state index is 11.5. The third kappa shape index (κ3) is 4.14. The molecule has 0 atom stereocenters. The predicted octanol–water partition coefficient (Wildman–Crippen LogP) is 2.11. The largest absolute Gasteiger partial charge is 0.469 e. The second-order valence-electron chi connectivity index (χ2n) is 5.51. The van der Waals surface area contributed by atoms with Crippen molar-refractivity contribution in [1.29, 1.82) is 0 Å². The smallest absolute Gasteiger partial charge is 0.306 e. The highest BCUT2D eigenvalue weighted by Gasteiger charge is 2.44. The lowest BCUT2D eigenvalue weighted by molar-refractivity contribution is -0.141. The van der Waals surface area contributed by atoms with Gasteiger partial charge in [-0.2, -0.15) is 0 Å².